The molecule has 0 aromatic heterocycles. The minimum Gasteiger partial charge on any atom is -0.342 e. The van der Waals surface area contributed by atoms with Crippen molar-refractivity contribution in [2.75, 3.05) is 13.2 Å². The second kappa shape index (κ2) is 3.01. The van der Waals surface area contributed by atoms with Crippen molar-refractivity contribution >= 4 is 27.5 Å². The van der Waals surface area contributed by atoms with Crippen molar-refractivity contribution in [3.8, 4) is 0 Å². The molecule has 0 bridgehead atoms. The van der Waals surface area contributed by atoms with Gasteiger partial charge >= 0.3 is 0 Å². The largest absolute Gasteiger partial charge is 0.342 e. The van der Waals surface area contributed by atoms with E-state index in [1.807, 2.05) is 7.05 Å². The van der Waals surface area contributed by atoms with Crippen molar-refractivity contribution in [1.29, 1.82) is 0 Å². The lowest BCUT2D eigenvalue weighted by Gasteiger charge is -2.10. The van der Waals surface area contributed by atoms with Crippen molar-refractivity contribution in [2.45, 2.75) is 6.55 Å². The van der Waals surface area contributed by atoms with E-state index in [9.17, 15) is 0 Å². The fourth-order valence-corrected chi connectivity index (χ4v) is 2.18. The van der Waals surface area contributed by atoms with Crippen molar-refractivity contribution in [3.05, 3.63) is 0 Å². The highest BCUT2D eigenvalue weighted by atomic mass is 127. The lowest BCUT2D eigenvalue weighted by Crippen LogP contribution is -2.44. The summed E-state index contributed by atoms with van der Waals surface area (Å²) in [6.45, 7) is 2.12. The molecule has 0 saturated carbocycles. The average molecular weight is 230 g/mol. The van der Waals surface area contributed by atoms with E-state index in [1.54, 1.807) is 0 Å². The lowest BCUT2D eigenvalue weighted by molar-refractivity contribution is 0.954. The first-order valence-electron chi connectivity index (χ1n) is 2.18. The molecule has 1 atom stereocenters. The quantitative estimate of drug-likeness (QED) is 0.404. The maximum atomic E-state index is 5.71. The van der Waals surface area contributed by atoms with E-state index in [1.165, 1.54) is 0 Å². The van der Waals surface area contributed by atoms with Crippen LogP contribution in [0.2, 0.25) is 6.55 Å². The lowest BCUT2D eigenvalue weighted by atomic mass is 11.3. The summed E-state index contributed by atoms with van der Waals surface area (Å²) in [6.07, 6.45) is 0.994. The van der Waals surface area contributed by atoms with Gasteiger partial charge in [-0.2, -0.15) is 0 Å². The Morgan fingerprint density at radius 1 is 1.86 bits per heavy atom. The molecule has 3 N–H and O–H groups in total. The van der Waals surface area contributed by atoms with Crippen molar-refractivity contribution < 1.29 is 0 Å². The topological polar surface area (TPSA) is 38.0 Å². The molecule has 0 heterocycles. The van der Waals surface area contributed by atoms with Crippen molar-refractivity contribution in [2.24, 2.45) is 5.40 Å². The molecule has 7 heavy (non-hydrogen) atoms. The van der Waals surface area contributed by atoms with Gasteiger partial charge in [0.25, 0.3) is 0 Å². The van der Waals surface area contributed by atoms with Gasteiger partial charge in [0, 0.05) is 6.17 Å². The van der Waals surface area contributed by atoms with Crippen molar-refractivity contribution in [3.63, 3.8) is 0 Å². The zero-order valence-electron chi connectivity index (χ0n) is 4.66. The van der Waals surface area contributed by atoms with Gasteiger partial charge in [0.1, 0.15) is 0 Å². The Hall–Kier alpha value is 0.867. The van der Waals surface area contributed by atoms with Gasteiger partial charge in [0.15, 0.2) is 0 Å². The molecule has 0 rings (SSSR count). The normalized spacial score (nSPS) is 18.9. The second-order valence-corrected chi connectivity index (χ2v) is 12.1. The van der Waals surface area contributed by atoms with Gasteiger partial charge in [0.2, 0.25) is 5.73 Å². The summed E-state index contributed by atoms with van der Waals surface area (Å²) in [6, 6.07) is 0. The van der Waals surface area contributed by atoms with Crippen LogP contribution in [0.5, 0.6) is 0 Å². The molecule has 1 unspecified atom stereocenters. The molecule has 0 aliphatic heterocycles. The Balaban J connectivity index is 3.15. The third-order valence-electron chi connectivity index (χ3n) is 0.522. The third-order valence-corrected chi connectivity index (χ3v) is 2.71. The van der Waals surface area contributed by atoms with Crippen LogP contribution >= 0.6 is 21.8 Å². The minimum atomic E-state index is -1.30. The molecule has 0 aromatic rings. The van der Waals surface area contributed by atoms with Gasteiger partial charge in [-0.25, -0.2) is 0 Å². The van der Waals surface area contributed by atoms with Crippen LogP contribution in [-0.4, -0.2) is 18.9 Å². The average Bonchev–Trinajstić information content (AvgIpc) is 1.30. The van der Waals surface area contributed by atoms with E-state index in [4.69, 9.17) is 5.40 Å². The van der Waals surface area contributed by atoms with Crippen LogP contribution in [0.4, 0.5) is 0 Å². The van der Waals surface area contributed by atoms with Gasteiger partial charge in [-0.1, -0.05) is 21.8 Å². The first-order chi connectivity index (χ1) is 3.06. The van der Waals surface area contributed by atoms with Crippen LogP contribution < -0.4 is 10.7 Å². The van der Waals surface area contributed by atoms with E-state index >= 15 is 0 Å². The van der Waals surface area contributed by atoms with Gasteiger partial charge < -0.3 is 10.7 Å². The summed E-state index contributed by atoms with van der Waals surface area (Å²) in [5, 5.41) is 8.75. The molecule has 0 spiro atoms. The Morgan fingerprint density at radius 2 is 2.29 bits per heavy atom. The zero-order chi connectivity index (χ0) is 5.91. The Bertz CT molecular complexity index is 51.4. The highest BCUT2D eigenvalue weighted by Crippen LogP contribution is 1.99. The minimum absolute atomic E-state index is 0.994. The Labute approximate surface area is 58.2 Å². The standard InChI is InChI=1S/C3H11IN2Si/c1-6-3-7(2,4)5/h6H,3,5H2,1-2H3. The first-order valence-corrected chi connectivity index (χ1v) is 8.08. The van der Waals surface area contributed by atoms with E-state index < -0.39 is 5.73 Å². The Kier molecular flexibility index (Phi) is 3.38. The SMILES string of the molecule is CNC[Si](C)(N)I. The molecule has 0 radical (unpaired) electrons. The molecular formula is C3H11IN2Si. The molecule has 4 heteroatoms. The highest BCUT2D eigenvalue weighted by Gasteiger charge is 2.13. The van der Waals surface area contributed by atoms with Gasteiger partial charge in [-0.3, -0.25) is 0 Å². The summed E-state index contributed by atoms with van der Waals surface area (Å²) in [5.74, 6) is 0. The number of hydrogen-bond acceptors (Lipinski definition) is 2. The van der Waals surface area contributed by atoms with Crippen LogP contribution in [0.15, 0.2) is 0 Å². The predicted molar refractivity (Wildman–Crippen MR) is 43.8 cm³/mol. The molecular weight excluding hydrogens is 219 g/mol. The van der Waals surface area contributed by atoms with Crippen LogP contribution in [-0.2, 0) is 0 Å². The summed E-state index contributed by atoms with van der Waals surface area (Å²) in [4.78, 5) is 0. The fraction of sp³-hybridized carbons (Fsp3) is 1.00. The smallest absolute Gasteiger partial charge is 0.202 e. The fourth-order valence-electron chi connectivity index (χ4n) is 0.346. The highest BCUT2D eigenvalue weighted by molar-refractivity contribution is 14.1. The first kappa shape index (κ1) is 7.87. The van der Waals surface area contributed by atoms with E-state index in [-0.39, 0.29) is 0 Å². The summed E-state index contributed by atoms with van der Waals surface area (Å²) >= 11 is 2.33. The van der Waals surface area contributed by atoms with E-state index in [0.717, 1.165) is 6.17 Å². The van der Waals surface area contributed by atoms with Gasteiger partial charge in [0.05, 0.1) is 0 Å². The second-order valence-electron chi connectivity index (χ2n) is 1.81. The Morgan fingerprint density at radius 3 is 2.29 bits per heavy atom. The maximum absolute atomic E-state index is 5.71. The molecule has 0 fully saturated rings. The predicted octanol–water partition coefficient (Wildman–Crippen LogP) is 0.211. The van der Waals surface area contributed by atoms with Gasteiger partial charge in [-0.15, -0.1) is 0 Å². The maximum Gasteiger partial charge on any atom is 0.202 e. The number of nitrogens with two attached hydrogens (primary N) is 1. The monoisotopic (exact) mass is 230 g/mol. The summed E-state index contributed by atoms with van der Waals surface area (Å²) in [7, 11) is 1.93. The molecule has 2 nitrogen and oxygen atoms in total. The van der Waals surface area contributed by atoms with Gasteiger partial charge in [-0.05, 0) is 13.6 Å². The molecule has 0 aromatic carbocycles. The third kappa shape index (κ3) is 6.87. The van der Waals surface area contributed by atoms with Crippen LogP contribution in [0.3, 0.4) is 0 Å². The van der Waals surface area contributed by atoms with E-state index in [2.05, 4.69) is 33.7 Å². The number of hydrogen-bond donors (Lipinski definition) is 2. The molecule has 0 saturated heterocycles. The molecule has 0 amide bonds. The summed E-state index contributed by atoms with van der Waals surface area (Å²) < 4.78 is 0. The number of nitrogens with one attached hydrogen (secondary N) is 1. The zero-order valence-corrected chi connectivity index (χ0v) is 7.82. The van der Waals surface area contributed by atoms with Crippen molar-refractivity contribution in [1.82, 2.24) is 5.32 Å². The number of rotatable bonds is 2. The molecule has 0 aliphatic carbocycles. The van der Waals surface area contributed by atoms with Crippen LogP contribution in [0.25, 0.3) is 0 Å². The number of halogens is 1. The van der Waals surface area contributed by atoms with Crippen LogP contribution in [0.1, 0.15) is 0 Å². The van der Waals surface area contributed by atoms with E-state index in [0.29, 0.717) is 0 Å². The van der Waals surface area contributed by atoms with Crippen LogP contribution in [0, 0.1) is 0 Å². The molecule has 0 aliphatic rings. The summed E-state index contributed by atoms with van der Waals surface area (Å²) in [5.41, 5.74) is -1.30. The molecule has 44 valence electrons.